The van der Waals surface area contributed by atoms with Gasteiger partial charge in [0.1, 0.15) is 0 Å². The van der Waals surface area contributed by atoms with Gasteiger partial charge in [0.2, 0.25) is 0 Å². The Balaban J connectivity index is 2.52. The monoisotopic (exact) mass is 170 g/mol. The molecule has 3 nitrogen and oxygen atoms in total. The highest BCUT2D eigenvalue weighted by Gasteiger charge is 2.32. The van der Waals surface area contributed by atoms with E-state index in [2.05, 4.69) is 6.58 Å². The first kappa shape index (κ1) is 9.26. The molecular formula is C9H14O3. The van der Waals surface area contributed by atoms with Crippen molar-refractivity contribution in [2.75, 3.05) is 13.2 Å². The van der Waals surface area contributed by atoms with Crippen molar-refractivity contribution in [1.82, 2.24) is 0 Å². The molecule has 1 heterocycles. The number of rotatable bonds is 4. The van der Waals surface area contributed by atoms with E-state index >= 15 is 0 Å². The maximum absolute atomic E-state index is 11.1. The Kier molecular flexibility index (Phi) is 3.29. The van der Waals surface area contributed by atoms with Gasteiger partial charge in [-0.05, 0) is 13.3 Å². The summed E-state index contributed by atoms with van der Waals surface area (Å²) in [6.45, 7) is 6.64. The number of ether oxygens (including phenoxy) is 2. The van der Waals surface area contributed by atoms with Crippen molar-refractivity contribution in [3.05, 3.63) is 12.7 Å². The molecule has 1 fully saturated rings. The normalized spacial score (nSPS) is 25.1. The Morgan fingerprint density at radius 3 is 3.08 bits per heavy atom. The second-order valence-electron chi connectivity index (χ2n) is 2.72. The van der Waals surface area contributed by atoms with Crippen molar-refractivity contribution in [2.45, 2.75) is 19.4 Å². The van der Waals surface area contributed by atoms with Gasteiger partial charge in [-0.15, -0.1) is 6.58 Å². The van der Waals surface area contributed by atoms with Crippen molar-refractivity contribution in [3.8, 4) is 0 Å². The first-order chi connectivity index (χ1) is 5.79. The highest BCUT2D eigenvalue weighted by molar-refractivity contribution is 5.75. The molecule has 12 heavy (non-hydrogen) atoms. The zero-order valence-electron chi connectivity index (χ0n) is 7.29. The standard InChI is InChI=1S/C9H14O3/c1-3-8(11-4-2)7-5-6-12-9(7)10/h3,7-8H,1,4-6H2,2H3. The number of hydrogen-bond donors (Lipinski definition) is 0. The van der Waals surface area contributed by atoms with Crippen molar-refractivity contribution < 1.29 is 14.3 Å². The molecule has 0 bridgehead atoms. The van der Waals surface area contributed by atoms with Crippen LogP contribution in [0, 0.1) is 5.92 Å². The van der Waals surface area contributed by atoms with Crippen LogP contribution < -0.4 is 0 Å². The summed E-state index contributed by atoms with van der Waals surface area (Å²) in [6.07, 6.45) is 2.24. The van der Waals surface area contributed by atoms with E-state index in [4.69, 9.17) is 9.47 Å². The predicted molar refractivity (Wildman–Crippen MR) is 44.7 cm³/mol. The fourth-order valence-electron chi connectivity index (χ4n) is 1.35. The van der Waals surface area contributed by atoms with Gasteiger partial charge in [-0.3, -0.25) is 4.79 Å². The second-order valence-corrected chi connectivity index (χ2v) is 2.72. The summed E-state index contributed by atoms with van der Waals surface area (Å²) in [6, 6.07) is 0. The van der Waals surface area contributed by atoms with E-state index in [0.717, 1.165) is 6.42 Å². The molecule has 0 aliphatic carbocycles. The average Bonchev–Trinajstić information content (AvgIpc) is 2.47. The molecule has 0 radical (unpaired) electrons. The molecule has 0 N–H and O–H groups in total. The van der Waals surface area contributed by atoms with Crippen LogP contribution in [0.25, 0.3) is 0 Å². The zero-order valence-corrected chi connectivity index (χ0v) is 7.29. The van der Waals surface area contributed by atoms with Crippen LogP contribution >= 0.6 is 0 Å². The molecule has 0 saturated carbocycles. The Hall–Kier alpha value is -0.830. The van der Waals surface area contributed by atoms with Gasteiger partial charge in [0.05, 0.1) is 18.6 Å². The van der Waals surface area contributed by atoms with Gasteiger partial charge in [-0.25, -0.2) is 0 Å². The van der Waals surface area contributed by atoms with E-state index in [9.17, 15) is 4.79 Å². The molecule has 2 unspecified atom stereocenters. The molecule has 2 atom stereocenters. The van der Waals surface area contributed by atoms with Gasteiger partial charge in [0.25, 0.3) is 0 Å². The molecule has 0 spiro atoms. The minimum absolute atomic E-state index is 0.137. The van der Waals surface area contributed by atoms with E-state index in [1.165, 1.54) is 0 Å². The van der Waals surface area contributed by atoms with E-state index in [1.54, 1.807) is 6.08 Å². The Labute approximate surface area is 72.4 Å². The Bertz CT molecular complexity index is 177. The van der Waals surface area contributed by atoms with Gasteiger partial charge in [-0.1, -0.05) is 6.08 Å². The third-order valence-electron chi connectivity index (χ3n) is 1.96. The van der Waals surface area contributed by atoms with Crippen molar-refractivity contribution in [3.63, 3.8) is 0 Å². The largest absolute Gasteiger partial charge is 0.465 e. The first-order valence-corrected chi connectivity index (χ1v) is 4.20. The first-order valence-electron chi connectivity index (χ1n) is 4.20. The molecule has 0 aromatic rings. The van der Waals surface area contributed by atoms with Gasteiger partial charge in [0.15, 0.2) is 0 Å². The maximum atomic E-state index is 11.1. The fraction of sp³-hybridized carbons (Fsp3) is 0.667. The van der Waals surface area contributed by atoms with Crippen molar-refractivity contribution >= 4 is 5.97 Å². The summed E-state index contributed by atoms with van der Waals surface area (Å²) in [4.78, 5) is 11.1. The number of cyclic esters (lactones) is 1. The lowest BCUT2D eigenvalue weighted by Crippen LogP contribution is -2.25. The van der Waals surface area contributed by atoms with Crippen LogP contribution in [0.15, 0.2) is 12.7 Å². The maximum Gasteiger partial charge on any atom is 0.312 e. The summed E-state index contributed by atoms with van der Waals surface area (Å²) in [5.41, 5.74) is 0. The fourth-order valence-corrected chi connectivity index (χ4v) is 1.35. The number of hydrogen-bond acceptors (Lipinski definition) is 3. The minimum Gasteiger partial charge on any atom is -0.465 e. The molecule has 68 valence electrons. The molecule has 0 aromatic heterocycles. The van der Waals surface area contributed by atoms with Crippen LogP contribution in [0.2, 0.25) is 0 Å². The van der Waals surface area contributed by atoms with E-state index in [-0.39, 0.29) is 18.0 Å². The molecule has 0 amide bonds. The summed E-state index contributed by atoms with van der Waals surface area (Å²) < 4.78 is 10.2. The zero-order chi connectivity index (χ0) is 8.97. The van der Waals surface area contributed by atoms with Gasteiger partial charge >= 0.3 is 5.97 Å². The van der Waals surface area contributed by atoms with Crippen LogP contribution in [0.5, 0.6) is 0 Å². The van der Waals surface area contributed by atoms with Crippen LogP contribution in [-0.4, -0.2) is 25.3 Å². The molecule has 1 aliphatic rings. The number of esters is 1. The molecule has 0 aromatic carbocycles. The van der Waals surface area contributed by atoms with Gasteiger partial charge in [0, 0.05) is 6.61 Å². The highest BCUT2D eigenvalue weighted by atomic mass is 16.5. The third-order valence-corrected chi connectivity index (χ3v) is 1.96. The molecule has 3 heteroatoms. The lowest BCUT2D eigenvalue weighted by molar-refractivity contribution is -0.144. The molecular weight excluding hydrogens is 156 g/mol. The second kappa shape index (κ2) is 4.26. The van der Waals surface area contributed by atoms with Crippen molar-refractivity contribution in [2.24, 2.45) is 5.92 Å². The SMILES string of the molecule is C=CC(OCC)C1CCOC1=O. The molecule has 1 saturated heterocycles. The lowest BCUT2D eigenvalue weighted by atomic mass is 10.0. The van der Waals surface area contributed by atoms with E-state index in [0.29, 0.717) is 13.2 Å². The Morgan fingerprint density at radius 1 is 1.92 bits per heavy atom. The predicted octanol–water partition coefficient (Wildman–Crippen LogP) is 1.14. The Morgan fingerprint density at radius 2 is 2.67 bits per heavy atom. The highest BCUT2D eigenvalue weighted by Crippen LogP contribution is 2.21. The molecule has 1 rings (SSSR count). The number of carbonyl (C=O) groups is 1. The van der Waals surface area contributed by atoms with Gasteiger partial charge < -0.3 is 9.47 Å². The number of carbonyl (C=O) groups excluding carboxylic acids is 1. The van der Waals surface area contributed by atoms with E-state index < -0.39 is 0 Å². The summed E-state index contributed by atoms with van der Waals surface area (Å²) in [7, 11) is 0. The van der Waals surface area contributed by atoms with Crippen molar-refractivity contribution in [1.29, 1.82) is 0 Å². The molecule has 1 aliphatic heterocycles. The lowest BCUT2D eigenvalue weighted by Gasteiger charge is -2.15. The minimum atomic E-state index is -0.176. The van der Waals surface area contributed by atoms with Crippen LogP contribution in [0.4, 0.5) is 0 Å². The third kappa shape index (κ3) is 1.85. The smallest absolute Gasteiger partial charge is 0.312 e. The summed E-state index contributed by atoms with van der Waals surface area (Å²) >= 11 is 0. The van der Waals surface area contributed by atoms with Crippen LogP contribution in [-0.2, 0) is 14.3 Å². The quantitative estimate of drug-likeness (QED) is 0.469. The topological polar surface area (TPSA) is 35.5 Å². The summed E-state index contributed by atoms with van der Waals surface area (Å²) in [5.74, 6) is -0.296. The average molecular weight is 170 g/mol. The van der Waals surface area contributed by atoms with Crippen LogP contribution in [0.1, 0.15) is 13.3 Å². The van der Waals surface area contributed by atoms with E-state index in [1.807, 2.05) is 6.92 Å². The van der Waals surface area contributed by atoms with Gasteiger partial charge in [-0.2, -0.15) is 0 Å². The van der Waals surface area contributed by atoms with Crippen LogP contribution in [0.3, 0.4) is 0 Å². The summed E-state index contributed by atoms with van der Waals surface area (Å²) in [5, 5.41) is 0.